The molecule has 0 aromatic heterocycles. The number of carbonyl (C=O) groups excluding carboxylic acids is 1. The lowest BCUT2D eigenvalue weighted by Crippen LogP contribution is -2.65. The summed E-state index contributed by atoms with van der Waals surface area (Å²) >= 11 is 0. The predicted molar refractivity (Wildman–Crippen MR) is 228 cm³/mol. The van der Waals surface area contributed by atoms with Crippen molar-refractivity contribution in [3.05, 3.63) is 11.6 Å². The van der Waals surface area contributed by atoms with Crippen molar-refractivity contribution in [2.45, 2.75) is 249 Å². The Balaban J connectivity index is 1.04. The van der Waals surface area contributed by atoms with Crippen LogP contribution in [0, 0.1) is 56.2 Å². The van der Waals surface area contributed by atoms with Crippen LogP contribution < -0.4 is 0 Å². The third-order valence-corrected chi connectivity index (χ3v) is 18.3. The Bertz CT molecular complexity index is 1210. The second kappa shape index (κ2) is 17.8. The van der Waals surface area contributed by atoms with Gasteiger partial charge in [-0.25, -0.2) is 0 Å². The molecule has 5 rings (SSSR count). The van der Waals surface area contributed by atoms with E-state index in [0.29, 0.717) is 45.3 Å². The van der Waals surface area contributed by atoms with Gasteiger partial charge in [-0.15, -0.1) is 0 Å². The molecule has 0 aromatic carbocycles. The fourth-order valence-corrected chi connectivity index (χ4v) is 14.4. The Morgan fingerprint density at radius 3 is 1.75 bits per heavy atom. The predicted octanol–water partition coefficient (Wildman–Crippen LogP) is 16.0. The molecule has 0 N–H and O–H groups in total. The van der Waals surface area contributed by atoms with Gasteiger partial charge in [0.15, 0.2) is 0 Å². The molecular formula is C51H90O2. The van der Waals surface area contributed by atoms with E-state index >= 15 is 0 Å². The highest BCUT2D eigenvalue weighted by molar-refractivity contribution is 5.69. The molecule has 306 valence electrons. The Hall–Kier alpha value is -0.790. The number of hydrogen-bond donors (Lipinski definition) is 0. The van der Waals surface area contributed by atoms with Crippen molar-refractivity contribution in [2.24, 2.45) is 56.2 Å². The minimum absolute atomic E-state index is 0.0228. The second-order valence-corrected chi connectivity index (χ2v) is 22.6. The van der Waals surface area contributed by atoms with Crippen molar-refractivity contribution in [1.29, 1.82) is 0 Å². The van der Waals surface area contributed by atoms with Gasteiger partial charge in [0.05, 0.1) is 0 Å². The number of fused-ring (bicyclic) bond motifs is 7. The van der Waals surface area contributed by atoms with E-state index in [1.807, 2.05) is 5.57 Å². The standard InChI is InChI=1S/C51H90O2/c1-11-12-13-14-15-16-17-18-19-20-21-22-23-24-25-26-27-28-45(52)53-44-32-33-49(8)42(47(44,5)6)31-34-50(9)43(49)30-29-40-41-38-46(3,4)35-36-48(41,7)39(2)37-51(40,50)10/h29,39,41-44H,11-28,30-38H2,1-10H3. The summed E-state index contributed by atoms with van der Waals surface area (Å²) in [5.41, 5.74) is 3.74. The Kier molecular flexibility index (Phi) is 14.5. The SMILES string of the molecule is CCCCCCCCCCCCCCCCCCCC(=O)OC1CCC2(C)C(CCC3(C)C2CC=C2C4CC(C)(C)CCC4(C)C(C)CC23C)C1(C)C. The van der Waals surface area contributed by atoms with Crippen LogP contribution in [-0.4, -0.2) is 12.1 Å². The van der Waals surface area contributed by atoms with Crippen molar-refractivity contribution < 1.29 is 9.53 Å². The van der Waals surface area contributed by atoms with E-state index in [2.05, 4.69) is 75.3 Å². The van der Waals surface area contributed by atoms with Crippen LogP contribution in [0.25, 0.3) is 0 Å². The topological polar surface area (TPSA) is 26.3 Å². The Morgan fingerprint density at radius 1 is 0.642 bits per heavy atom. The highest BCUT2D eigenvalue weighted by atomic mass is 16.5. The lowest BCUT2D eigenvalue weighted by molar-refractivity contribution is -0.215. The van der Waals surface area contributed by atoms with Crippen LogP contribution in [0.15, 0.2) is 11.6 Å². The van der Waals surface area contributed by atoms with Gasteiger partial charge in [0, 0.05) is 11.8 Å². The molecule has 0 aromatic rings. The Labute approximate surface area is 331 Å². The van der Waals surface area contributed by atoms with Crippen LogP contribution in [0.5, 0.6) is 0 Å². The minimum Gasteiger partial charge on any atom is -0.462 e. The zero-order valence-electron chi connectivity index (χ0n) is 37.4. The van der Waals surface area contributed by atoms with Crippen molar-refractivity contribution in [1.82, 2.24) is 0 Å². The molecular weight excluding hydrogens is 645 g/mol. The summed E-state index contributed by atoms with van der Waals surface area (Å²) in [5, 5.41) is 0. The summed E-state index contributed by atoms with van der Waals surface area (Å²) in [6, 6.07) is 0. The van der Waals surface area contributed by atoms with Crippen LogP contribution in [0.4, 0.5) is 0 Å². The third-order valence-electron chi connectivity index (χ3n) is 18.3. The molecule has 5 aliphatic rings. The molecule has 0 heterocycles. The molecule has 0 saturated heterocycles. The smallest absolute Gasteiger partial charge is 0.306 e. The van der Waals surface area contributed by atoms with Gasteiger partial charge >= 0.3 is 5.97 Å². The summed E-state index contributed by atoms with van der Waals surface area (Å²) in [5.74, 6) is 2.91. The number of carbonyl (C=O) groups is 1. The first-order valence-corrected chi connectivity index (χ1v) is 24.0. The molecule has 5 aliphatic carbocycles. The summed E-state index contributed by atoms with van der Waals surface area (Å²) in [7, 11) is 0. The maximum absolute atomic E-state index is 13.3. The minimum atomic E-state index is 0.0228. The van der Waals surface area contributed by atoms with Crippen LogP contribution >= 0.6 is 0 Å². The van der Waals surface area contributed by atoms with Gasteiger partial charge in [0.2, 0.25) is 0 Å². The van der Waals surface area contributed by atoms with Gasteiger partial charge in [-0.05, 0) is 115 Å². The van der Waals surface area contributed by atoms with Gasteiger partial charge in [-0.2, -0.15) is 0 Å². The quantitative estimate of drug-likeness (QED) is 0.0750. The first-order chi connectivity index (χ1) is 25.1. The molecule has 9 unspecified atom stereocenters. The van der Waals surface area contributed by atoms with Gasteiger partial charge in [-0.1, -0.05) is 184 Å². The van der Waals surface area contributed by atoms with Crippen molar-refractivity contribution >= 4 is 5.97 Å². The van der Waals surface area contributed by atoms with Crippen molar-refractivity contribution in [3.8, 4) is 0 Å². The molecule has 4 saturated carbocycles. The summed E-state index contributed by atoms with van der Waals surface area (Å²) < 4.78 is 6.45. The molecule has 0 radical (unpaired) electrons. The second-order valence-electron chi connectivity index (χ2n) is 22.6. The molecule has 9 atom stereocenters. The molecule has 53 heavy (non-hydrogen) atoms. The summed E-state index contributed by atoms with van der Waals surface area (Å²) in [4.78, 5) is 13.3. The molecule has 4 fully saturated rings. The normalized spacial score (nSPS) is 38.5. The summed E-state index contributed by atoms with van der Waals surface area (Å²) in [6.07, 6.45) is 38.4. The molecule has 0 bridgehead atoms. The number of unbranched alkanes of at least 4 members (excludes halogenated alkanes) is 16. The first kappa shape index (κ1) is 43.3. The number of allylic oxidation sites excluding steroid dienone is 2. The third kappa shape index (κ3) is 9.03. The van der Waals surface area contributed by atoms with E-state index in [1.165, 1.54) is 154 Å². The number of ether oxygens (including phenoxy) is 1. The highest BCUT2D eigenvalue weighted by Crippen LogP contribution is 2.76. The number of esters is 1. The van der Waals surface area contributed by atoms with Gasteiger partial charge < -0.3 is 4.74 Å². The lowest BCUT2D eigenvalue weighted by atomic mass is 9.33. The average Bonchev–Trinajstić information content (AvgIpc) is 3.09. The molecule has 0 spiro atoms. The van der Waals surface area contributed by atoms with Gasteiger partial charge in [0.1, 0.15) is 6.10 Å². The molecule has 2 heteroatoms. The van der Waals surface area contributed by atoms with Crippen molar-refractivity contribution in [2.75, 3.05) is 0 Å². The average molecular weight is 735 g/mol. The van der Waals surface area contributed by atoms with E-state index in [-0.39, 0.29) is 17.5 Å². The van der Waals surface area contributed by atoms with Crippen molar-refractivity contribution in [3.63, 3.8) is 0 Å². The molecule has 2 nitrogen and oxygen atoms in total. The van der Waals surface area contributed by atoms with Gasteiger partial charge in [0.25, 0.3) is 0 Å². The largest absolute Gasteiger partial charge is 0.462 e. The van der Waals surface area contributed by atoms with Crippen LogP contribution in [0.3, 0.4) is 0 Å². The monoisotopic (exact) mass is 735 g/mol. The van der Waals surface area contributed by atoms with Crippen LogP contribution in [-0.2, 0) is 9.53 Å². The van der Waals surface area contributed by atoms with E-state index in [4.69, 9.17) is 4.74 Å². The van der Waals surface area contributed by atoms with E-state index in [1.54, 1.807) is 0 Å². The fraction of sp³-hybridized carbons (Fsp3) is 0.941. The number of hydrogen-bond acceptors (Lipinski definition) is 2. The van der Waals surface area contributed by atoms with Crippen LogP contribution in [0.1, 0.15) is 243 Å². The lowest BCUT2D eigenvalue weighted by Gasteiger charge is -2.72. The van der Waals surface area contributed by atoms with E-state index in [9.17, 15) is 4.79 Å². The van der Waals surface area contributed by atoms with Crippen LogP contribution in [0.2, 0.25) is 0 Å². The first-order valence-electron chi connectivity index (χ1n) is 24.0. The maximum atomic E-state index is 13.3. The fourth-order valence-electron chi connectivity index (χ4n) is 14.4. The van der Waals surface area contributed by atoms with Gasteiger partial charge in [-0.3, -0.25) is 4.79 Å². The Morgan fingerprint density at radius 2 is 1.19 bits per heavy atom. The van der Waals surface area contributed by atoms with E-state index < -0.39 is 0 Å². The summed E-state index contributed by atoms with van der Waals surface area (Å²) in [6.45, 7) is 25.8. The maximum Gasteiger partial charge on any atom is 0.306 e. The molecule has 0 aliphatic heterocycles. The van der Waals surface area contributed by atoms with E-state index in [0.717, 1.165) is 24.7 Å². The molecule has 0 amide bonds. The number of rotatable bonds is 19. The highest BCUT2D eigenvalue weighted by Gasteiger charge is 2.69. The zero-order valence-corrected chi connectivity index (χ0v) is 37.4. The zero-order chi connectivity index (χ0) is 38.5.